The van der Waals surface area contributed by atoms with E-state index < -0.39 is 23.8 Å². The molecule has 1 heterocycles. The van der Waals surface area contributed by atoms with Gasteiger partial charge in [-0.25, -0.2) is 4.79 Å². The minimum Gasteiger partial charge on any atom is -0.434 e. The summed E-state index contributed by atoms with van der Waals surface area (Å²) >= 11 is 0. The maximum Gasteiger partial charge on any atom is 0.387 e. The Balaban J connectivity index is 2.48. The number of nitrogens with zero attached hydrogens (tertiary/aromatic N) is 2. The van der Waals surface area contributed by atoms with Crippen LogP contribution in [-0.2, 0) is 11.3 Å². The third-order valence-corrected chi connectivity index (χ3v) is 4.57. The highest BCUT2D eigenvalue weighted by Crippen LogP contribution is 2.23. The molecule has 0 saturated carbocycles. The summed E-state index contributed by atoms with van der Waals surface area (Å²) in [6.45, 7) is 3.13. The van der Waals surface area contributed by atoms with E-state index in [2.05, 4.69) is 9.72 Å². The van der Waals surface area contributed by atoms with Gasteiger partial charge in [0, 0.05) is 24.7 Å². The summed E-state index contributed by atoms with van der Waals surface area (Å²) in [4.78, 5) is 41.3. The van der Waals surface area contributed by atoms with Crippen LogP contribution >= 0.6 is 0 Å². The summed E-state index contributed by atoms with van der Waals surface area (Å²) in [5.41, 5.74) is 4.88. The Morgan fingerprint density at radius 2 is 1.97 bits per heavy atom. The topological polar surface area (TPSA) is 110 Å². The number of amides is 1. The lowest BCUT2D eigenvalue weighted by atomic mass is 10.1. The Labute approximate surface area is 184 Å². The van der Waals surface area contributed by atoms with Gasteiger partial charge in [-0.05, 0) is 24.5 Å². The smallest absolute Gasteiger partial charge is 0.387 e. The van der Waals surface area contributed by atoms with Crippen LogP contribution in [0.3, 0.4) is 0 Å². The number of H-pyrrole nitrogens is 1. The highest BCUT2D eigenvalue weighted by molar-refractivity contribution is 6.05. The lowest BCUT2D eigenvalue weighted by molar-refractivity contribution is -0.114. The Bertz CT molecular complexity index is 1080. The quantitative estimate of drug-likeness (QED) is 0.540. The van der Waals surface area contributed by atoms with Crippen LogP contribution in [0.15, 0.2) is 39.9 Å². The summed E-state index contributed by atoms with van der Waals surface area (Å²) in [7, 11) is 0. The average molecular weight is 450 g/mol. The number of nitrogens with one attached hydrogen (secondary N) is 1. The fourth-order valence-corrected chi connectivity index (χ4v) is 3.11. The molecule has 1 aromatic carbocycles. The molecular weight excluding hydrogens is 422 g/mol. The lowest BCUT2D eigenvalue weighted by Gasteiger charge is -2.23. The molecule has 174 valence electrons. The molecule has 0 saturated heterocycles. The number of rotatable bonds is 10. The van der Waals surface area contributed by atoms with Crippen molar-refractivity contribution >= 4 is 23.5 Å². The zero-order chi connectivity index (χ0) is 23.8. The van der Waals surface area contributed by atoms with Crippen LogP contribution in [0.25, 0.3) is 6.08 Å². The Kier molecular flexibility index (Phi) is 8.74. The van der Waals surface area contributed by atoms with E-state index in [0.29, 0.717) is 6.42 Å². The normalized spacial score (nSPS) is 11.5. The second kappa shape index (κ2) is 11.3. The number of hydrogen-bond acceptors (Lipinski definition) is 5. The Hall–Kier alpha value is -3.43. The van der Waals surface area contributed by atoms with Gasteiger partial charge in [-0.3, -0.25) is 19.1 Å². The van der Waals surface area contributed by atoms with Crippen LogP contribution in [0.1, 0.15) is 39.2 Å². The number of alkyl halides is 2. The Morgan fingerprint density at radius 3 is 2.59 bits per heavy atom. The minimum absolute atomic E-state index is 0.0692. The van der Waals surface area contributed by atoms with Gasteiger partial charge >= 0.3 is 12.3 Å². The standard InChI is InChI=1S/C22H28F2N4O4/c1-4-5-12-27(18-19(25)28(13-14(2)3)22(31)26-20(18)30)17(29)11-10-15-8-6-7-9-16(15)32-21(23)24/h6-11,14,21H,4-5,12-13,25H2,1-3H3,(H,26,30,31)/b11-10+. The van der Waals surface area contributed by atoms with Gasteiger partial charge in [-0.15, -0.1) is 0 Å². The third kappa shape index (κ3) is 6.29. The molecule has 1 aromatic heterocycles. The molecule has 0 radical (unpaired) electrons. The second-order valence-electron chi connectivity index (χ2n) is 7.59. The number of nitrogens with two attached hydrogens (primary N) is 1. The molecule has 0 unspecified atom stereocenters. The molecule has 0 spiro atoms. The van der Waals surface area contributed by atoms with Crippen LogP contribution in [0.2, 0.25) is 0 Å². The van der Waals surface area contributed by atoms with E-state index in [-0.39, 0.29) is 41.8 Å². The van der Waals surface area contributed by atoms with Gasteiger partial charge in [0.2, 0.25) is 0 Å². The SMILES string of the molecule is CCCCN(C(=O)/C=C/c1ccccc1OC(F)F)c1c(N)n(CC(C)C)c(=O)[nH]c1=O. The van der Waals surface area contributed by atoms with Crippen molar-refractivity contribution in [3.05, 3.63) is 56.7 Å². The van der Waals surface area contributed by atoms with Crippen LogP contribution in [0.5, 0.6) is 5.75 Å². The molecular formula is C22H28F2N4O4. The van der Waals surface area contributed by atoms with Gasteiger partial charge in [0.15, 0.2) is 5.69 Å². The lowest BCUT2D eigenvalue weighted by Crippen LogP contribution is -2.41. The largest absolute Gasteiger partial charge is 0.434 e. The first kappa shape index (κ1) is 24.8. The number of unbranched alkanes of at least 4 members (excludes halogenated alkanes) is 1. The van der Waals surface area contributed by atoms with E-state index in [0.717, 1.165) is 12.5 Å². The monoisotopic (exact) mass is 450 g/mol. The number of carbonyl (C=O) groups excluding carboxylic acids is 1. The number of hydrogen-bond donors (Lipinski definition) is 2. The van der Waals surface area contributed by atoms with Gasteiger partial charge in [0.1, 0.15) is 11.6 Å². The van der Waals surface area contributed by atoms with Crippen LogP contribution in [0, 0.1) is 5.92 Å². The maximum absolute atomic E-state index is 13.0. The molecule has 10 heteroatoms. The highest BCUT2D eigenvalue weighted by atomic mass is 19.3. The van der Waals surface area contributed by atoms with Gasteiger partial charge in [-0.2, -0.15) is 8.78 Å². The van der Waals surface area contributed by atoms with Crippen molar-refractivity contribution in [3.8, 4) is 5.75 Å². The van der Waals surface area contributed by atoms with E-state index in [9.17, 15) is 23.2 Å². The predicted octanol–water partition coefficient (Wildman–Crippen LogP) is 3.22. The molecule has 0 fully saturated rings. The first-order chi connectivity index (χ1) is 15.1. The molecule has 1 amide bonds. The molecule has 8 nitrogen and oxygen atoms in total. The molecule has 2 rings (SSSR count). The molecule has 32 heavy (non-hydrogen) atoms. The molecule has 0 bridgehead atoms. The molecule has 0 aliphatic carbocycles. The summed E-state index contributed by atoms with van der Waals surface area (Å²) in [5.74, 6) is -0.710. The van der Waals surface area contributed by atoms with Crippen molar-refractivity contribution < 1.29 is 18.3 Å². The van der Waals surface area contributed by atoms with E-state index in [1.807, 2.05) is 20.8 Å². The van der Waals surface area contributed by atoms with E-state index in [1.165, 1.54) is 33.7 Å². The van der Waals surface area contributed by atoms with E-state index in [4.69, 9.17) is 5.73 Å². The number of nitrogen functional groups attached to an aromatic ring is 1. The number of para-hydroxylation sites is 1. The second-order valence-corrected chi connectivity index (χ2v) is 7.59. The van der Waals surface area contributed by atoms with Gasteiger partial charge in [0.05, 0.1) is 0 Å². The van der Waals surface area contributed by atoms with Crippen LogP contribution < -0.4 is 26.6 Å². The molecule has 2 aromatic rings. The first-order valence-corrected chi connectivity index (χ1v) is 10.3. The molecule has 0 aliphatic heterocycles. The van der Waals surface area contributed by atoms with Crippen molar-refractivity contribution in [1.82, 2.24) is 9.55 Å². The van der Waals surface area contributed by atoms with E-state index >= 15 is 0 Å². The summed E-state index contributed by atoms with van der Waals surface area (Å²) < 4.78 is 31.0. The first-order valence-electron chi connectivity index (χ1n) is 10.3. The third-order valence-electron chi connectivity index (χ3n) is 4.57. The zero-order valence-electron chi connectivity index (χ0n) is 18.3. The summed E-state index contributed by atoms with van der Waals surface area (Å²) in [5, 5.41) is 0. The number of benzene rings is 1. The maximum atomic E-state index is 13.0. The van der Waals surface area contributed by atoms with Crippen molar-refractivity contribution in [1.29, 1.82) is 0 Å². The number of aromatic amines is 1. The number of carbonyl (C=O) groups is 1. The number of anilines is 2. The fraction of sp³-hybridized carbons (Fsp3) is 0.409. The van der Waals surface area contributed by atoms with E-state index in [1.54, 1.807) is 6.07 Å². The minimum atomic E-state index is -3.01. The molecule has 3 N–H and O–H groups in total. The van der Waals surface area contributed by atoms with Crippen LogP contribution in [0.4, 0.5) is 20.3 Å². The van der Waals surface area contributed by atoms with Gasteiger partial charge < -0.3 is 15.4 Å². The van der Waals surface area contributed by atoms with Crippen LogP contribution in [-0.4, -0.2) is 28.6 Å². The number of aromatic nitrogens is 2. The van der Waals surface area contributed by atoms with Crippen molar-refractivity contribution in [2.24, 2.45) is 5.92 Å². The number of ether oxygens (including phenoxy) is 1. The van der Waals surface area contributed by atoms with Crippen molar-refractivity contribution in [3.63, 3.8) is 0 Å². The number of halogens is 2. The van der Waals surface area contributed by atoms with Crippen molar-refractivity contribution in [2.75, 3.05) is 17.2 Å². The van der Waals surface area contributed by atoms with Gasteiger partial charge in [-0.1, -0.05) is 45.4 Å². The van der Waals surface area contributed by atoms with Gasteiger partial charge in [0.25, 0.3) is 11.5 Å². The average Bonchev–Trinajstić information content (AvgIpc) is 2.72. The predicted molar refractivity (Wildman–Crippen MR) is 120 cm³/mol. The fourth-order valence-electron chi connectivity index (χ4n) is 3.11. The summed E-state index contributed by atoms with van der Waals surface area (Å²) in [6, 6.07) is 6.02. The summed E-state index contributed by atoms with van der Waals surface area (Å²) in [6.07, 6.45) is 3.79. The highest BCUT2D eigenvalue weighted by Gasteiger charge is 2.23. The van der Waals surface area contributed by atoms with Crippen molar-refractivity contribution in [2.45, 2.75) is 46.8 Å². The Morgan fingerprint density at radius 1 is 1.28 bits per heavy atom. The zero-order valence-corrected chi connectivity index (χ0v) is 18.3. The molecule has 0 aliphatic rings. The molecule has 0 atom stereocenters.